The molecule has 1 fully saturated rings. The molecule has 7 heteroatoms. The van der Waals surface area contributed by atoms with Crippen LogP contribution < -0.4 is 0 Å². The topological polar surface area (TPSA) is 77.8 Å². The molecule has 0 radical (unpaired) electrons. The minimum atomic E-state index is -1.10. The summed E-state index contributed by atoms with van der Waals surface area (Å²) in [5.74, 6) is -1.50. The third kappa shape index (κ3) is 2.98. The maximum absolute atomic E-state index is 12.3. The summed E-state index contributed by atoms with van der Waals surface area (Å²) in [7, 11) is 0. The molecule has 2 N–H and O–H groups in total. The number of carboxylic acids is 1. The van der Waals surface area contributed by atoms with E-state index >= 15 is 0 Å². The highest BCUT2D eigenvalue weighted by Crippen LogP contribution is 2.26. The fourth-order valence-electron chi connectivity index (χ4n) is 2.09. The summed E-state index contributed by atoms with van der Waals surface area (Å²) < 4.78 is 1.39. The summed E-state index contributed by atoms with van der Waals surface area (Å²) in [6.45, 7) is 0.0400. The van der Waals surface area contributed by atoms with E-state index in [9.17, 15) is 14.7 Å². The molecule has 1 aromatic rings. The van der Waals surface area contributed by atoms with Gasteiger partial charge in [-0.2, -0.15) is 0 Å². The van der Waals surface area contributed by atoms with E-state index in [0.29, 0.717) is 10.0 Å². The van der Waals surface area contributed by atoms with Crippen molar-refractivity contribution in [1.29, 1.82) is 0 Å². The number of carbonyl (C=O) groups is 2. The average molecular weight is 393 g/mol. The molecule has 0 aromatic heterocycles. The monoisotopic (exact) mass is 391 g/mol. The maximum Gasteiger partial charge on any atom is 0.326 e. The maximum atomic E-state index is 12.3. The quantitative estimate of drug-likeness (QED) is 0.805. The lowest BCUT2D eigenvalue weighted by Gasteiger charge is -2.21. The van der Waals surface area contributed by atoms with Crippen LogP contribution in [0.2, 0.25) is 0 Å². The Morgan fingerprint density at radius 1 is 1.32 bits per heavy atom. The van der Waals surface area contributed by atoms with Gasteiger partial charge in [0, 0.05) is 21.9 Å². The number of aliphatic carboxylic acids is 1. The minimum absolute atomic E-state index is 0.0400. The van der Waals surface area contributed by atoms with Crippen LogP contribution in [0.25, 0.3) is 0 Å². The van der Waals surface area contributed by atoms with E-state index in [2.05, 4.69) is 31.9 Å². The van der Waals surface area contributed by atoms with Gasteiger partial charge in [0.05, 0.1) is 11.7 Å². The Balaban J connectivity index is 2.30. The number of aliphatic hydroxyl groups excluding tert-OH is 1. The zero-order valence-electron chi connectivity index (χ0n) is 9.72. The molecule has 5 nitrogen and oxygen atoms in total. The second-order valence-electron chi connectivity index (χ2n) is 4.33. The summed E-state index contributed by atoms with van der Waals surface area (Å²) in [5, 5.41) is 18.6. The predicted octanol–water partition coefficient (Wildman–Crippen LogP) is 1.87. The standard InChI is InChI=1S/C12H11Br2NO4/c13-6-1-2-8(9(14)3-6)11(17)15-5-7(16)4-10(15)12(18)19/h1-3,7,10,16H,4-5H2,(H,18,19)/t7-,10-/m1/s1. The van der Waals surface area contributed by atoms with Gasteiger partial charge < -0.3 is 15.1 Å². The van der Waals surface area contributed by atoms with E-state index in [1.165, 1.54) is 4.90 Å². The second kappa shape index (κ2) is 5.60. The van der Waals surface area contributed by atoms with Gasteiger partial charge in [0.2, 0.25) is 0 Å². The van der Waals surface area contributed by atoms with Crippen LogP contribution in [0.15, 0.2) is 27.1 Å². The molecule has 1 aromatic carbocycles. The molecule has 1 aliphatic heterocycles. The zero-order chi connectivity index (χ0) is 14.2. The summed E-state index contributed by atoms with van der Waals surface area (Å²) in [6.07, 6.45) is -0.728. The number of nitrogens with zero attached hydrogens (tertiary/aromatic N) is 1. The lowest BCUT2D eigenvalue weighted by molar-refractivity contribution is -0.141. The molecular formula is C12H11Br2NO4. The Labute approximate surface area is 126 Å². The third-order valence-corrected chi connectivity index (χ3v) is 4.14. The first-order valence-electron chi connectivity index (χ1n) is 5.57. The molecule has 2 rings (SSSR count). The summed E-state index contributed by atoms with van der Waals surface area (Å²) in [4.78, 5) is 24.6. The SMILES string of the molecule is O=C(O)[C@H]1C[C@@H](O)CN1C(=O)c1ccc(Br)cc1Br. The molecule has 1 aliphatic rings. The molecular weight excluding hydrogens is 382 g/mol. The highest BCUT2D eigenvalue weighted by Gasteiger charge is 2.39. The van der Waals surface area contributed by atoms with Crippen LogP contribution in [0.1, 0.15) is 16.8 Å². The molecule has 0 aliphatic carbocycles. The molecule has 0 bridgehead atoms. The molecule has 1 amide bonds. The number of β-amino-alcohol motifs (C(OH)–C–C–N with tert-alkyl or cyclic N) is 1. The number of halogens is 2. The van der Waals surface area contributed by atoms with Crippen molar-refractivity contribution < 1.29 is 19.8 Å². The highest BCUT2D eigenvalue weighted by molar-refractivity contribution is 9.11. The number of hydrogen-bond donors (Lipinski definition) is 2. The van der Waals surface area contributed by atoms with Crippen LogP contribution in [0.5, 0.6) is 0 Å². The van der Waals surface area contributed by atoms with Crippen molar-refractivity contribution in [2.24, 2.45) is 0 Å². The summed E-state index contributed by atoms with van der Waals surface area (Å²) >= 11 is 6.56. The molecule has 1 heterocycles. The van der Waals surface area contributed by atoms with Crippen LogP contribution in [-0.2, 0) is 4.79 Å². The average Bonchev–Trinajstić information content (AvgIpc) is 2.70. The van der Waals surface area contributed by atoms with Gasteiger partial charge in [-0.25, -0.2) is 4.79 Å². The Bertz CT molecular complexity index is 534. The van der Waals surface area contributed by atoms with E-state index in [-0.39, 0.29) is 13.0 Å². The normalized spacial score (nSPS) is 22.6. The fraction of sp³-hybridized carbons (Fsp3) is 0.333. The van der Waals surface area contributed by atoms with Crippen molar-refractivity contribution in [1.82, 2.24) is 4.90 Å². The van der Waals surface area contributed by atoms with Crippen molar-refractivity contribution in [3.63, 3.8) is 0 Å². The van der Waals surface area contributed by atoms with Crippen molar-refractivity contribution in [2.75, 3.05) is 6.54 Å². The molecule has 0 saturated carbocycles. The van der Waals surface area contributed by atoms with Gasteiger partial charge in [0.25, 0.3) is 5.91 Å². The minimum Gasteiger partial charge on any atom is -0.480 e. The first-order chi connectivity index (χ1) is 8.90. The Morgan fingerprint density at radius 3 is 2.58 bits per heavy atom. The molecule has 19 heavy (non-hydrogen) atoms. The van der Waals surface area contributed by atoms with Gasteiger partial charge in [-0.3, -0.25) is 4.79 Å². The number of likely N-dealkylation sites (tertiary alicyclic amines) is 1. The molecule has 0 unspecified atom stereocenters. The number of hydrogen-bond acceptors (Lipinski definition) is 3. The van der Waals surface area contributed by atoms with Crippen LogP contribution in [0.4, 0.5) is 0 Å². The van der Waals surface area contributed by atoms with E-state index in [1.54, 1.807) is 18.2 Å². The number of amides is 1. The lowest BCUT2D eigenvalue weighted by Crippen LogP contribution is -2.40. The number of aliphatic hydroxyl groups is 1. The second-order valence-corrected chi connectivity index (χ2v) is 6.10. The van der Waals surface area contributed by atoms with Crippen LogP contribution in [0.3, 0.4) is 0 Å². The summed E-state index contributed by atoms with van der Waals surface area (Å²) in [6, 6.07) is 4.06. The zero-order valence-corrected chi connectivity index (χ0v) is 12.9. The first-order valence-corrected chi connectivity index (χ1v) is 7.15. The van der Waals surface area contributed by atoms with Gasteiger partial charge in [-0.05, 0) is 34.1 Å². The van der Waals surface area contributed by atoms with Gasteiger partial charge in [0.1, 0.15) is 6.04 Å². The van der Waals surface area contributed by atoms with Crippen molar-refractivity contribution in [3.8, 4) is 0 Å². The smallest absolute Gasteiger partial charge is 0.326 e. The van der Waals surface area contributed by atoms with Crippen molar-refractivity contribution >= 4 is 43.7 Å². The first kappa shape index (κ1) is 14.5. The number of carbonyl (C=O) groups excluding carboxylic acids is 1. The lowest BCUT2D eigenvalue weighted by atomic mass is 10.1. The van der Waals surface area contributed by atoms with Gasteiger partial charge in [-0.1, -0.05) is 15.9 Å². The molecule has 0 spiro atoms. The van der Waals surface area contributed by atoms with Gasteiger partial charge in [-0.15, -0.1) is 0 Å². The van der Waals surface area contributed by atoms with E-state index in [1.807, 2.05) is 0 Å². The highest BCUT2D eigenvalue weighted by atomic mass is 79.9. The number of carboxylic acid groups (broad SMARTS) is 1. The molecule has 102 valence electrons. The van der Waals surface area contributed by atoms with Crippen LogP contribution >= 0.6 is 31.9 Å². The largest absolute Gasteiger partial charge is 0.480 e. The van der Waals surface area contributed by atoms with E-state index in [0.717, 1.165) is 4.47 Å². The predicted molar refractivity (Wildman–Crippen MR) is 74.9 cm³/mol. The number of benzene rings is 1. The molecule has 2 atom stereocenters. The Kier molecular flexibility index (Phi) is 4.27. The van der Waals surface area contributed by atoms with Gasteiger partial charge in [0.15, 0.2) is 0 Å². The van der Waals surface area contributed by atoms with Crippen LogP contribution in [0, 0.1) is 0 Å². The van der Waals surface area contributed by atoms with Crippen molar-refractivity contribution in [3.05, 3.63) is 32.7 Å². The van der Waals surface area contributed by atoms with E-state index < -0.39 is 24.0 Å². The van der Waals surface area contributed by atoms with Crippen LogP contribution in [-0.4, -0.2) is 45.7 Å². The van der Waals surface area contributed by atoms with E-state index in [4.69, 9.17) is 5.11 Å². The third-order valence-electron chi connectivity index (χ3n) is 2.99. The fourth-order valence-corrected chi connectivity index (χ4v) is 3.31. The van der Waals surface area contributed by atoms with Gasteiger partial charge >= 0.3 is 5.97 Å². The number of rotatable bonds is 2. The Hall–Kier alpha value is -0.920. The molecule has 1 saturated heterocycles. The Morgan fingerprint density at radius 2 is 2.00 bits per heavy atom. The summed E-state index contributed by atoms with van der Waals surface area (Å²) in [5.41, 5.74) is 0.378. The van der Waals surface area contributed by atoms with Crippen molar-refractivity contribution in [2.45, 2.75) is 18.6 Å².